The van der Waals surface area contributed by atoms with Gasteiger partial charge in [0.25, 0.3) is 5.69 Å². The molecule has 3 rings (SSSR count). The van der Waals surface area contributed by atoms with E-state index in [0.29, 0.717) is 10.6 Å². The largest absolute Gasteiger partial charge is 0.288 e. The molecule has 0 unspecified atom stereocenters. The summed E-state index contributed by atoms with van der Waals surface area (Å²) in [4.78, 5) is 35.1. The Labute approximate surface area is 130 Å². The number of nitro groups is 1. The number of fused-ring (bicyclic) bond motifs is 1. The summed E-state index contributed by atoms with van der Waals surface area (Å²) in [5, 5.41) is 11.6. The number of benzene rings is 2. The van der Waals surface area contributed by atoms with Crippen molar-refractivity contribution in [3.8, 4) is 0 Å². The van der Waals surface area contributed by atoms with Crippen LogP contribution in [0.15, 0.2) is 48.0 Å². The highest BCUT2D eigenvalue weighted by molar-refractivity contribution is 6.42. The third kappa shape index (κ3) is 2.21. The lowest BCUT2D eigenvalue weighted by Crippen LogP contribution is -2.01. The third-order valence-corrected chi connectivity index (χ3v) is 3.63. The molecule has 1 aliphatic rings. The Bertz CT molecular complexity index is 853. The van der Waals surface area contributed by atoms with E-state index in [1.54, 1.807) is 24.3 Å². The monoisotopic (exact) mass is 313 g/mol. The summed E-state index contributed by atoms with van der Waals surface area (Å²) in [5.74, 6) is -1.12. The van der Waals surface area contributed by atoms with Crippen LogP contribution in [-0.4, -0.2) is 16.5 Å². The van der Waals surface area contributed by atoms with Gasteiger partial charge in [-0.3, -0.25) is 19.7 Å². The molecular formula is C16H8ClNO4. The van der Waals surface area contributed by atoms with E-state index in [1.807, 2.05) is 0 Å². The standard InChI is InChI=1S/C16H8ClNO4/c17-10-6-4-9(5-7-10)8-12-15(19)11-2-1-3-13(18(21)22)14(11)16(12)20/h1-8H. The molecule has 6 heteroatoms. The molecule has 0 spiro atoms. The van der Waals surface area contributed by atoms with Gasteiger partial charge in [0.15, 0.2) is 5.78 Å². The molecule has 0 fully saturated rings. The minimum Gasteiger partial charge on any atom is -0.288 e. The zero-order valence-electron chi connectivity index (χ0n) is 11.1. The van der Waals surface area contributed by atoms with E-state index >= 15 is 0 Å². The predicted octanol–water partition coefficient (Wildman–Crippen LogP) is 3.71. The smallest absolute Gasteiger partial charge is 0.281 e. The van der Waals surface area contributed by atoms with Crippen molar-refractivity contribution in [3.05, 3.63) is 79.9 Å². The second-order valence-electron chi connectivity index (χ2n) is 4.72. The van der Waals surface area contributed by atoms with Gasteiger partial charge in [0.05, 0.1) is 10.5 Å². The van der Waals surface area contributed by atoms with Gasteiger partial charge in [-0.05, 0) is 29.8 Å². The first-order valence-corrected chi connectivity index (χ1v) is 6.71. The fourth-order valence-electron chi connectivity index (χ4n) is 2.36. The first-order valence-electron chi connectivity index (χ1n) is 6.33. The molecule has 0 amide bonds. The molecular weight excluding hydrogens is 306 g/mol. The maximum absolute atomic E-state index is 12.4. The van der Waals surface area contributed by atoms with Gasteiger partial charge in [-0.15, -0.1) is 0 Å². The van der Waals surface area contributed by atoms with Gasteiger partial charge in [-0.2, -0.15) is 0 Å². The van der Waals surface area contributed by atoms with Gasteiger partial charge in [0.2, 0.25) is 5.78 Å². The molecule has 0 saturated heterocycles. The Balaban J connectivity index is 2.13. The van der Waals surface area contributed by atoms with Crippen LogP contribution in [0.2, 0.25) is 5.02 Å². The van der Waals surface area contributed by atoms with Crippen molar-refractivity contribution in [3.63, 3.8) is 0 Å². The summed E-state index contributed by atoms with van der Waals surface area (Å²) in [6.07, 6.45) is 1.42. The maximum atomic E-state index is 12.4. The number of hydrogen-bond donors (Lipinski definition) is 0. The average Bonchev–Trinajstić information content (AvgIpc) is 2.74. The number of ketones is 2. The first kappa shape index (κ1) is 14.2. The van der Waals surface area contributed by atoms with Crippen LogP contribution >= 0.6 is 11.6 Å². The van der Waals surface area contributed by atoms with Crippen LogP contribution in [0.3, 0.4) is 0 Å². The van der Waals surface area contributed by atoms with E-state index in [2.05, 4.69) is 0 Å². The molecule has 0 N–H and O–H groups in total. The summed E-state index contributed by atoms with van der Waals surface area (Å²) in [6.45, 7) is 0. The lowest BCUT2D eigenvalue weighted by molar-refractivity contribution is -0.385. The number of halogens is 1. The Morgan fingerprint density at radius 1 is 1.00 bits per heavy atom. The van der Waals surface area contributed by atoms with Crippen molar-refractivity contribution in [1.82, 2.24) is 0 Å². The topological polar surface area (TPSA) is 77.3 Å². The van der Waals surface area contributed by atoms with Gasteiger partial charge in [0, 0.05) is 16.7 Å². The number of carbonyl (C=O) groups excluding carboxylic acids is 2. The van der Waals surface area contributed by atoms with Crippen LogP contribution in [0.5, 0.6) is 0 Å². The number of Topliss-reactive ketones (excluding diaryl/α,β-unsaturated/α-hetero) is 2. The van der Waals surface area contributed by atoms with Crippen LogP contribution < -0.4 is 0 Å². The highest BCUT2D eigenvalue weighted by Crippen LogP contribution is 2.34. The Hall–Kier alpha value is -2.79. The number of nitro benzene ring substituents is 1. The number of nitrogens with zero attached hydrogens (tertiary/aromatic N) is 1. The summed E-state index contributed by atoms with van der Waals surface area (Å²) in [7, 11) is 0. The number of carbonyl (C=O) groups is 2. The number of hydrogen-bond acceptors (Lipinski definition) is 4. The molecule has 5 nitrogen and oxygen atoms in total. The van der Waals surface area contributed by atoms with Crippen LogP contribution in [-0.2, 0) is 0 Å². The minimum atomic E-state index is -0.657. The average molecular weight is 314 g/mol. The van der Waals surface area contributed by atoms with E-state index in [9.17, 15) is 19.7 Å². The molecule has 2 aromatic rings. The fraction of sp³-hybridized carbons (Fsp3) is 0. The van der Waals surface area contributed by atoms with Crippen LogP contribution in [0.1, 0.15) is 26.3 Å². The fourth-order valence-corrected chi connectivity index (χ4v) is 2.49. The second kappa shape index (κ2) is 5.20. The molecule has 0 radical (unpaired) electrons. The number of allylic oxidation sites excluding steroid dienone is 1. The quantitative estimate of drug-likeness (QED) is 0.366. The van der Waals surface area contributed by atoms with Crippen LogP contribution in [0.25, 0.3) is 6.08 Å². The molecule has 1 aliphatic carbocycles. The molecule has 0 aromatic heterocycles. The van der Waals surface area contributed by atoms with Crippen molar-refractivity contribution in [2.75, 3.05) is 0 Å². The van der Waals surface area contributed by atoms with Crippen molar-refractivity contribution in [1.29, 1.82) is 0 Å². The van der Waals surface area contributed by atoms with E-state index in [0.717, 1.165) is 0 Å². The molecule has 0 atom stereocenters. The minimum absolute atomic E-state index is 0.0689. The van der Waals surface area contributed by atoms with Crippen molar-refractivity contribution >= 4 is 34.9 Å². The first-order chi connectivity index (χ1) is 10.5. The summed E-state index contributed by atoms with van der Waals surface area (Å²) < 4.78 is 0. The molecule has 0 bridgehead atoms. The molecule has 0 aliphatic heterocycles. The van der Waals surface area contributed by atoms with Gasteiger partial charge < -0.3 is 0 Å². The van der Waals surface area contributed by atoms with Gasteiger partial charge in [-0.25, -0.2) is 0 Å². The van der Waals surface area contributed by atoms with E-state index in [-0.39, 0.29) is 22.4 Å². The summed E-state index contributed by atoms with van der Waals surface area (Å²) in [6, 6.07) is 10.6. The lowest BCUT2D eigenvalue weighted by Gasteiger charge is -1.97. The lowest BCUT2D eigenvalue weighted by atomic mass is 10.1. The van der Waals surface area contributed by atoms with E-state index in [1.165, 1.54) is 24.3 Å². The van der Waals surface area contributed by atoms with Crippen LogP contribution in [0.4, 0.5) is 5.69 Å². The van der Waals surface area contributed by atoms with E-state index in [4.69, 9.17) is 11.6 Å². The predicted molar refractivity (Wildman–Crippen MR) is 81.2 cm³/mol. The zero-order chi connectivity index (χ0) is 15.9. The van der Waals surface area contributed by atoms with Gasteiger partial charge in [0.1, 0.15) is 5.56 Å². The normalized spacial score (nSPS) is 15.2. The molecule has 108 valence electrons. The van der Waals surface area contributed by atoms with Gasteiger partial charge in [-0.1, -0.05) is 29.8 Å². The molecule has 2 aromatic carbocycles. The summed E-state index contributed by atoms with van der Waals surface area (Å²) in [5.41, 5.74) is 0.121. The molecule has 22 heavy (non-hydrogen) atoms. The zero-order valence-corrected chi connectivity index (χ0v) is 11.8. The van der Waals surface area contributed by atoms with Crippen molar-refractivity contribution in [2.24, 2.45) is 0 Å². The highest BCUT2D eigenvalue weighted by Gasteiger charge is 2.38. The molecule has 0 saturated carbocycles. The number of rotatable bonds is 2. The Kier molecular flexibility index (Phi) is 3.35. The van der Waals surface area contributed by atoms with Crippen molar-refractivity contribution in [2.45, 2.75) is 0 Å². The highest BCUT2D eigenvalue weighted by atomic mass is 35.5. The third-order valence-electron chi connectivity index (χ3n) is 3.38. The second-order valence-corrected chi connectivity index (χ2v) is 5.16. The SMILES string of the molecule is O=C1C(=Cc2ccc(Cl)cc2)C(=O)c2c1cccc2[N+](=O)[O-]. The Morgan fingerprint density at radius 2 is 1.68 bits per heavy atom. The Morgan fingerprint density at radius 3 is 2.32 bits per heavy atom. The summed E-state index contributed by atoms with van der Waals surface area (Å²) >= 11 is 5.78. The van der Waals surface area contributed by atoms with Gasteiger partial charge >= 0.3 is 0 Å². The van der Waals surface area contributed by atoms with Crippen LogP contribution in [0, 0.1) is 10.1 Å². The maximum Gasteiger partial charge on any atom is 0.281 e. The molecule has 0 heterocycles. The van der Waals surface area contributed by atoms with Crippen molar-refractivity contribution < 1.29 is 14.5 Å². The van der Waals surface area contributed by atoms with E-state index < -0.39 is 16.5 Å².